The fourth-order valence-electron chi connectivity index (χ4n) is 2.39. The number of piperidine rings is 1. The predicted molar refractivity (Wildman–Crippen MR) is 74.0 cm³/mol. The number of hydrogen-bond acceptors (Lipinski definition) is 3. The highest BCUT2D eigenvalue weighted by molar-refractivity contribution is 7.88. The molecule has 1 N–H and O–H groups in total. The topological polar surface area (TPSA) is 66.5 Å². The number of nitrogens with one attached hydrogen (secondary N) is 1. The third-order valence-corrected chi connectivity index (χ3v) is 5.05. The molecule has 1 saturated heterocycles. The van der Waals surface area contributed by atoms with Crippen LogP contribution in [0.2, 0.25) is 0 Å². The molecule has 1 aliphatic heterocycles. The normalized spacial score (nSPS) is 17.1. The van der Waals surface area contributed by atoms with E-state index in [2.05, 4.69) is 0 Å². The second kappa shape index (κ2) is 6.63. The zero-order valence-electron chi connectivity index (χ0n) is 12.4. The summed E-state index contributed by atoms with van der Waals surface area (Å²) >= 11 is 0. The fourth-order valence-corrected chi connectivity index (χ4v) is 3.26. The first-order valence-corrected chi connectivity index (χ1v) is 8.66. The van der Waals surface area contributed by atoms with E-state index in [0.29, 0.717) is 0 Å². The minimum atomic E-state index is -3.42. The Labute approximate surface area is 134 Å². The first-order valence-electron chi connectivity index (χ1n) is 6.81. The van der Waals surface area contributed by atoms with Crippen LogP contribution >= 0.6 is 0 Å². The van der Waals surface area contributed by atoms with Crippen molar-refractivity contribution in [2.24, 2.45) is 5.92 Å². The Morgan fingerprint density at radius 1 is 0.958 bits per heavy atom. The highest BCUT2D eigenvalue weighted by Gasteiger charge is 2.32. The maximum absolute atomic E-state index is 13.5. The van der Waals surface area contributed by atoms with Gasteiger partial charge >= 0.3 is 0 Å². The second-order valence-corrected chi connectivity index (χ2v) is 7.35. The van der Waals surface area contributed by atoms with Gasteiger partial charge < -0.3 is 5.32 Å². The number of benzene rings is 1. The van der Waals surface area contributed by atoms with Crippen LogP contribution in [0.4, 0.5) is 27.6 Å². The number of nitrogens with zero attached hydrogens (tertiary/aromatic N) is 1. The summed E-state index contributed by atoms with van der Waals surface area (Å²) in [5.41, 5.74) is -1.41. The molecule has 0 aromatic heterocycles. The lowest BCUT2D eigenvalue weighted by Crippen LogP contribution is -2.41. The van der Waals surface area contributed by atoms with Gasteiger partial charge in [-0.05, 0) is 12.8 Å². The van der Waals surface area contributed by atoms with Gasteiger partial charge in [0.15, 0.2) is 23.3 Å². The highest BCUT2D eigenvalue weighted by atomic mass is 32.2. The Bertz CT molecular complexity index is 747. The van der Waals surface area contributed by atoms with Crippen LogP contribution in [-0.4, -0.2) is 38.0 Å². The Morgan fingerprint density at radius 2 is 1.38 bits per heavy atom. The van der Waals surface area contributed by atoms with Gasteiger partial charge in [-0.15, -0.1) is 0 Å². The number of hydrogen-bond donors (Lipinski definition) is 1. The van der Waals surface area contributed by atoms with Gasteiger partial charge in [0.05, 0.1) is 6.26 Å². The van der Waals surface area contributed by atoms with Crippen molar-refractivity contribution in [3.05, 3.63) is 29.1 Å². The van der Waals surface area contributed by atoms with Gasteiger partial charge in [-0.1, -0.05) is 0 Å². The van der Waals surface area contributed by atoms with Gasteiger partial charge in [0.1, 0.15) is 5.69 Å². The van der Waals surface area contributed by atoms with Crippen molar-refractivity contribution in [1.82, 2.24) is 4.31 Å². The van der Waals surface area contributed by atoms with Crippen LogP contribution < -0.4 is 5.32 Å². The Morgan fingerprint density at radius 3 is 1.79 bits per heavy atom. The summed E-state index contributed by atoms with van der Waals surface area (Å²) in [4.78, 5) is 12.0. The minimum absolute atomic E-state index is 0.0218. The molecule has 0 unspecified atom stereocenters. The van der Waals surface area contributed by atoms with E-state index in [1.54, 1.807) is 5.32 Å². The van der Waals surface area contributed by atoms with Crippen molar-refractivity contribution >= 4 is 21.6 Å². The summed E-state index contributed by atoms with van der Waals surface area (Å²) in [5, 5.41) is 1.71. The van der Waals surface area contributed by atoms with E-state index in [1.165, 1.54) is 0 Å². The molecule has 0 spiro atoms. The van der Waals surface area contributed by atoms with Gasteiger partial charge in [0.2, 0.25) is 21.7 Å². The summed E-state index contributed by atoms with van der Waals surface area (Å²) < 4.78 is 90.0. The number of carbonyl (C=O) groups is 1. The molecule has 0 bridgehead atoms. The number of sulfonamides is 1. The monoisotopic (exact) mass is 372 g/mol. The molecule has 1 heterocycles. The van der Waals surface area contributed by atoms with Crippen molar-refractivity contribution in [2.45, 2.75) is 12.8 Å². The summed E-state index contributed by atoms with van der Waals surface area (Å²) in [5.74, 6) is -12.6. The molecule has 5 nitrogen and oxygen atoms in total. The van der Waals surface area contributed by atoms with E-state index in [0.717, 1.165) is 10.6 Å². The molecule has 24 heavy (non-hydrogen) atoms. The molecular weight excluding hydrogens is 359 g/mol. The van der Waals surface area contributed by atoms with Crippen molar-refractivity contribution in [2.75, 3.05) is 24.7 Å². The number of halogens is 5. The van der Waals surface area contributed by atoms with E-state index >= 15 is 0 Å². The lowest BCUT2D eigenvalue weighted by Gasteiger charge is -2.29. The largest absolute Gasteiger partial charge is 0.321 e. The molecule has 1 aromatic carbocycles. The fraction of sp³-hybridized carbons (Fsp3) is 0.462. The number of amides is 1. The first kappa shape index (κ1) is 18.6. The maximum atomic E-state index is 13.5. The average Bonchev–Trinajstić information content (AvgIpc) is 2.54. The molecule has 1 aliphatic rings. The van der Waals surface area contributed by atoms with Gasteiger partial charge in [0, 0.05) is 19.0 Å². The molecule has 0 aliphatic carbocycles. The van der Waals surface area contributed by atoms with Gasteiger partial charge in [-0.25, -0.2) is 34.7 Å². The highest BCUT2D eigenvalue weighted by Crippen LogP contribution is 2.28. The summed E-state index contributed by atoms with van der Waals surface area (Å²) in [6, 6.07) is 0. The molecule has 1 fully saturated rings. The maximum Gasteiger partial charge on any atom is 0.227 e. The zero-order valence-corrected chi connectivity index (χ0v) is 13.2. The molecule has 11 heteroatoms. The van der Waals surface area contributed by atoms with Crippen molar-refractivity contribution in [1.29, 1.82) is 0 Å². The molecular formula is C13H13F5N2O3S. The van der Waals surface area contributed by atoms with E-state index in [-0.39, 0.29) is 25.9 Å². The van der Waals surface area contributed by atoms with E-state index in [4.69, 9.17) is 0 Å². The lowest BCUT2D eigenvalue weighted by molar-refractivity contribution is -0.121. The van der Waals surface area contributed by atoms with Gasteiger partial charge in [-0.3, -0.25) is 4.79 Å². The van der Waals surface area contributed by atoms with Gasteiger partial charge in [0.25, 0.3) is 0 Å². The first-order chi connectivity index (χ1) is 11.0. The third-order valence-electron chi connectivity index (χ3n) is 3.75. The summed E-state index contributed by atoms with van der Waals surface area (Å²) in [6.07, 6.45) is 1.13. The van der Waals surface area contributed by atoms with Crippen LogP contribution in [0, 0.1) is 35.0 Å². The van der Waals surface area contributed by atoms with Crippen LogP contribution in [0.5, 0.6) is 0 Å². The van der Waals surface area contributed by atoms with Crippen molar-refractivity contribution in [3.63, 3.8) is 0 Å². The summed E-state index contributed by atoms with van der Waals surface area (Å²) in [7, 11) is -3.42. The lowest BCUT2D eigenvalue weighted by atomic mass is 9.97. The number of rotatable bonds is 3. The van der Waals surface area contributed by atoms with Crippen molar-refractivity contribution < 1.29 is 35.2 Å². The van der Waals surface area contributed by atoms with Crippen LogP contribution in [0.3, 0.4) is 0 Å². The molecule has 134 valence electrons. The molecule has 2 rings (SSSR count). The number of anilines is 1. The van der Waals surface area contributed by atoms with E-state index < -0.39 is 56.6 Å². The van der Waals surface area contributed by atoms with E-state index in [1.807, 2.05) is 0 Å². The molecule has 1 amide bonds. The van der Waals surface area contributed by atoms with Crippen LogP contribution in [0.25, 0.3) is 0 Å². The smallest absolute Gasteiger partial charge is 0.227 e. The third kappa shape index (κ3) is 3.51. The average molecular weight is 372 g/mol. The standard InChI is InChI=1S/C13H13F5N2O3S/c1-24(22,23)20-4-2-6(3-5-20)13(21)19-12-10(17)8(15)7(14)9(16)11(12)18/h6H,2-5H2,1H3,(H,19,21). The predicted octanol–water partition coefficient (Wildman–Crippen LogP) is 1.99. The molecule has 0 saturated carbocycles. The van der Waals surface area contributed by atoms with Gasteiger partial charge in [-0.2, -0.15) is 0 Å². The molecule has 1 aromatic rings. The SMILES string of the molecule is CS(=O)(=O)N1CCC(C(=O)Nc2c(F)c(F)c(F)c(F)c2F)CC1. The number of carbonyl (C=O) groups excluding carboxylic acids is 1. The molecule has 0 atom stereocenters. The van der Waals surface area contributed by atoms with Crippen LogP contribution in [0.1, 0.15) is 12.8 Å². The van der Waals surface area contributed by atoms with Crippen LogP contribution in [-0.2, 0) is 14.8 Å². The Balaban J connectivity index is 2.15. The van der Waals surface area contributed by atoms with Crippen LogP contribution in [0.15, 0.2) is 0 Å². The quantitative estimate of drug-likeness (QED) is 0.501. The minimum Gasteiger partial charge on any atom is -0.321 e. The Hall–Kier alpha value is -1.75. The second-order valence-electron chi connectivity index (χ2n) is 5.37. The Kier molecular flexibility index (Phi) is 5.14. The van der Waals surface area contributed by atoms with Crippen molar-refractivity contribution in [3.8, 4) is 0 Å². The summed E-state index contributed by atoms with van der Waals surface area (Å²) in [6.45, 7) is 0.0437. The van der Waals surface area contributed by atoms with E-state index in [9.17, 15) is 35.2 Å². The zero-order chi connectivity index (χ0) is 18.2. The molecule has 0 radical (unpaired) electrons.